The minimum atomic E-state index is 0.177. The van der Waals surface area contributed by atoms with Crippen molar-refractivity contribution in [3.8, 4) is 5.75 Å². The highest BCUT2D eigenvalue weighted by atomic mass is 35.5. The van der Waals surface area contributed by atoms with Gasteiger partial charge >= 0.3 is 0 Å². The Bertz CT molecular complexity index is 422. The highest BCUT2D eigenvalue weighted by Crippen LogP contribution is 2.25. The molecular formula is C15H23ClN2O2. The first-order valence-corrected chi connectivity index (χ1v) is 7.49. The number of ether oxygens (including phenoxy) is 1. The molecule has 0 saturated carbocycles. The average Bonchev–Trinajstić information content (AvgIpc) is 2.92. The lowest BCUT2D eigenvalue weighted by molar-refractivity contribution is 0.179. The van der Waals surface area contributed by atoms with Crippen molar-refractivity contribution in [1.82, 2.24) is 10.2 Å². The van der Waals surface area contributed by atoms with E-state index in [0.717, 1.165) is 25.2 Å². The van der Waals surface area contributed by atoms with Gasteiger partial charge in [-0.25, -0.2) is 0 Å². The van der Waals surface area contributed by atoms with E-state index in [2.05, 4.69) is 10.2 Å². The Balaban J connectivity index is 1.97. The van der Waals surface area contributed by atoms with E-state index in [1.54, 1.807) is 7.11 Å². The number of hydrogen-bond donors (Lipinski definition) is 2. The van der Waals surface area contributed by atoms with Crippen molar-refractivity contribution in [2.45, 2.75) is 25.4 Å². The van der Waals surface area contributed by atoms with Gasteiger partial charge in [-0.1, -0.05) is 17.7 Å². The molecule has 1 aliphatic rings. The van der Waals surface area contributed by atoms with Crippen molar-refractivity contribution in [3.63, 3.8) is 0 Å². The molecule has 0 amide bonds. The summed E-state index contributed by atoms with van der Waals surface area (Å²) in [4.78, 5) is 2.27. The van der Waals surface area contributed by atoms with Gasteiger partial charge < -0.3 is 15.2 Å². The fourth-order valence-corrected chi connectivity index (χ4v) is 2.95. The van der Waals surface area contributed by atoms with Crippen LogP contribution in [0, 0.1) is 0 Å². The van der Waals surface area contributed by atoms with Crippen LogP contribution in [0.3, 0.4) is 0 Å². The van der Waals surface area contributed by atoms with Gasteiger partial charge in [0.1, 0.15) is 5.75 Å². The first kappa shape index (κ1) is 15.6. The van der Waals surface area contributed by atoms with Crippen LogP contribution in [0.25, 0.3) is 0 Å². The third-order valence-electron chi connectivity index (χ3n) is 3.68. The Morgan fingerprint density at radius 3 is 2.95 bits per heavy atom. The van der Waals surface area contributed by atoms with Gasteiger partial charge in [-0.2, -0.15) is 0 Å². The minimum Gasteiger partial charge on any atom is -0.495 e. The van der Waals surface area contributed by atoms with Crippen LogP contribution >= 0.6 is 11.6 Å². The molecule has 2 rings (SSSR count). The fraction of sp³-hybridized carbons (Fsp3) is 0.600. The molecule has 1 aromatic rings. The van der Waals surface area contributed by atoms with Gasteiger partial charge in [0.25, 0.3) is 0 Å². The first-order chi connectivity index (χ1) is 9.72. The van der Waals surface area contributed by atoms with Gasteiger partial charge in [-0.15, -0.1) is 0 Å². The SMILES string of the molecule is COc1ccc(CN(CCO)CC2CCCN2)cc1Cl. The summed E-state index contributed by atoms with van der Waals surface area (Å²) in [6.45, 7) is 3.72. The second-order valence-electron chi connectivity index (χ2n) is 5.22. The van der Waals surface area contributed by atoms with Gasteiger partial charge in [0.05, 0.1) is 18.7 Å². The van der Waals surface area contributed by atoms with Crippen molar-refractivity contribution < 1.29 is 9.84 Å². The van der Waals surface area contributed by atoms with Gasteiger partial charge in [0.2, 0.25) is 0 Å². The smallest absolute Gasteiger partial charge is 0.137 e. The summed E-state index contributed by atoms with van der Waals surface area (Å²) in [5.74, 6) is 0.696. The summed E-state index contributed by atoms with van der Waals surface area (Å²) in [5.41, 5.74) is 1.14. The molecular weight excluding hydrogens is 276 g/mol. The second kappa shape index (κ2) is 7.84. The second-order valence-corrected chi connectivity index (χ2v) is 5.63. The quantitative estimate of drug-likeness (QED) is 0.807. The van der Waals surface area contributed by atoms with Crippen LogP contribution < -0.4 is 10.1 Å². The highest BCUT2D eigenvalue weighted by molar-refractivity contribution is 6.32. The number of hydrogen-bond acceptors (Lipinski definition) is 4. The molecule has 1 saturated heterocycles. The first-order valence-electron chi connectivity index (χ1n) is 7.12. The Kier molecular flexibility index (Phi) is 6.10. The minimum absolute atomic E-state index is 0.177. The van der Waals surface area contributed by atoms with Crippen LogP contribution in [-0.4, -0.2) is 49.4 Å². The molecule has 1 heterocycles. The topological polar surface area (TPSA) is 44.7 Å². The molecule has 5 heteroatoms. The molecule has 0 radical (unpaired) electrons. The van der Waals surface area contributed by atoms with Gasteiger partial charge in [-0.05, 0) is 37.1 Å². The Morgan fingerprint density at radius 1 is 1.50 bits per heavy atom. The zero-order valence-electron chi connectivity index (χ0n) is 11.9. The van der Waals surface area contributed by atoms with Crippen LogP contribution in [0.2, 0.25) is 5.02 Å². The van der Waals surface area contributed by atoms with Crippen molar-refractivity contribution in [2.75, 3.05) is 33.4 Å². The number of benzene rings is 1. The Hall–Kier alpha value is -0.810. The summed E-state index contributed by atoms with van der Waals surface area (Å²) in [6.07, 6.45) is 2.46. The van der Waals surface area contributed by atoms with E-state index in [9.17, 15) is 5.11 Å². The van der Waals surface area contributed by atoms with Crippen LogP contribution in [0.1, 0.15) is 18.4 Å². The molecule has 1 atom stereocenters. The summed E-state index contributed by atoms with van der Waals surface area (Å²) in [6, 6.07) is 6.39. The molecule has 0 spiro atoms. The standard InChI is InChI=1S/C15H23ClN2O2/c1-20-15-5-4-12(9-14(15)16)10-18(7-8-19)11-13-3-2-6-17-13/h4-5,9,13,17,19H,2-3,6-8,10-11H2,1H3. The third kappa shape index (κ3) is 4.35. The number of nitrogens with one attached hydrogen (secondary N) is 1. The lowest BCUT2D eigenvalue weighted by Crippen LogP contribution is -2.38. The molecule has 0 bridgehead atoms. The van der Waals surface area contributed by atoms with E-state index < -0.39 is 0 Å². The highest BCUT2D eigenvalue weighted by Gasteiger charge is 2.18. The largest absolute Gasteiger partial charge is 0.495 e. The van der Waals surface area contributed by atoms with E-state index >= 15 is 0 Å². The van der Waals surface area contributed by atoms with E-state index in [-0.39, 0.29) is 6.61 Å². The van der Waals surface area contributed by atoms with Crippen molar-refractivity contribution >= 4 is 11.6 Å². The molecule has 20 heavy (non-hydrogen) atoms. The van der Waals surface area contributed by atoms with Crippen molar-refractivity contribution in [1.29, 1.82) is 0 Å². The Morgan fingerprint density at radius 2 is 2.35 bits per heavy atom. The van der Waals surface area contributed by atoms with E-state index in [4.69, 9.17) is 16.3 Å². The maximum Gasteiger partial charge on any atom is 0.137 e. The maximum atomic E-state index is 9.22. The van der Waals surface area contributed by atoms with Crippen LogP contribution in [0.4, 0.5) is 0 Å². The van der Waals surface area contributed by atoms with Gasteiger partial charge in [0, 0.05) is 25.7 Å². The normalized spacial score (nSPS) is 18.7. The number of methoxy groups -OCH3 is 1. The van der Waals surface area contributed by atoms with Gasteiger partial charge in [-0.3, -0.25) is 4.90 Å². The third-order valence-corrected chi connectivity index (χ3v) is 3.97. The molecule has 0 aromatic heterocycles. The van der Waals surface area contributed by atoms with Crippen LogP contribution in [-0.2, 0) is 6.54 Å². The molecule has 1 aliphatic heterocycles. The zero-order chi connectivity index (χ0) is 14.4. The molecule has 0 aliphatic carbocycles. The van der Waals surface area contributed by atoms with E-state index in [1.807, 2.05) is 18.2 Å². The van der Waals surface area contributed by atoms with Crippen LogP contribution in [0.5, 0.6) is 5.75 Å². The molecule has 112 valence electrons. The number of halogens is 1. The number of nitrogens with zero attached hydrogens (tertiary/aromatic N) is 1. The fourth-order valence-electron chi connectivity index (χ4n) is 2.67. The van der Waals surface area contributed by atoms with Crippen LogP contribution in [0.15, 0.2) is 18.2 Å². The number of aliphatic hydroxyl groups is 1. The van der Waals surface area contributed by atoms with Crippen molar-refractivity contribution in [3.05, 3.63) is 28.8 Å². The predicted octanol–water partition coefficient (Wildman–Crippen LogP) is 1.89. The van der Waals surface area contributed by atoms with Gasteiger partial charge in [0.15, 0.2) is 0 Å². The lowest BCUT2D eigenvalue weighted by atomic mass is 10.1. The molecule has 1 unspecified atom stereocenters. The lowest BCUT2D eigenvalue weighted by Gasteiger charge is -2.25. The molecule has 2 N–H and O–H groups in total. The monoisotopic (exact) mass is 298 g/mol. The zero-order valence-corrected chi connectivity index (χ0v) is 12.7. The number of aliphatic hydroxyl groups excluding tert-OH is 1. The summed E-state index contributed by atoms with van der Waals surface area (Å²) >= 11 is 6.16. The summed E-state index contributed by atoms with van der Waals surface area (Å²) < 4.78 is 5.16. The average molecular weight is 299 g/mol. The van der Waals surface area contributed by atoms with E-state index in [0.29, 0.717) is 23.4 Å². The molecule has 4 nitrogen and oxygen atoms in total. The number of rotatable bonds is 7. The molecule has 1 aromatic carbocycles. The summed E-state index contributed by atoms with van der Waals surface area (Å²) in [5, 5.41) is 13.3. The molecule has 1 fully saturated rings. The van der Waals surface area contributed by atoms with E-state index in [1.165, 1.54) is 12.8 Å². The summed E-state index contributed by atoms with van der Waals surface area (Å²) in [7, 11) is 1.62. The van der Waals surface area contributed by atoms with Crippen molar-refractivity contribution in [2.24, 2.45) is 0 Å². The Labute approximate surface area is 125 Å². The maximum absolute atomic E-state index is 9.22. The predicted molar refractivity (Wildman–Crippen MR) is 81.4 cm³/mol.